The molecule has 6 nitrogen and oxygen atoms in total. The quantitative estimate of drug-likeness (QED) is 0.522. The van der Waals surface area contributed by atoms with Gasteiger partial charge in [-0.2, -0.15) is 0 Å². The first kappa shape index (κ1) is 15.1. The highest BCUT2D eigenvalue weighted by Gasteiger charge is 2.21. The summed E-state index contributed by atoms with van der Waals surface area (Å²) in [6.07, 6.45) is 3.65. The minimum Gasteiger partial charge on any atom is -0.480 e. The van der Waals surface area contributed by atoms with Crippen LogP contribution in [0.1, 0.15) is 5.56 Å². The number of H-pyrrole nitrogens is 1. The molecule has 0 aliphatic rings. The molecular weight excluding hydrogens is 316 g/mol. The van der Waals surface area contributed by atoms with Crippen molar-refractivity contribution in [2.45, 2.75) is 12.5 Å². The highest BCUT2D eigenvalue weighted by atomic mass is 16.4. The van der Waals surface area contributed by atoms with E-state index in [2.05, 4.69) is 20.3 Å². The molecule has 6 heteroatoms. The average Bonchev–Trinajstić information content (AvgIpc) is 3.04. The number of hydrogen-bond donors (Lipinski definition) is 3. The number of anilines is 1. The van der Waals surface area contributed by atoms with Gasteiger partial charge in [0.05, 0.1) is 5.52 Å². The largest absolute Gasteiger partial charge is 0.480 e. The standard InChI is InChI=1S/C19H16N4O2/c24-19(25)17(9-12-10-20-15-7-3-1-5-13(12)15)23-18-14-6-2-4-8-16(14)21-11-22-18/h1-8,10-11,17,20H,9H2,(H,24,25)(H,21,22,23). The molecule has 2 aromatic heterocycles. The summed E-state index contributed by atoms with van der Waals surface area (Å²) in [7, 11) is 0. The van der Waals surface area contributed by atoms with Crippen LogP contribution in [0.15, 0.2) is 61.1 Å². The van der Waals surface area contributed by atoms with Crippen molar-refractivity contribution >= 4 is 33.6 Å². The number of aliphatic carboxylic acids is 1. The van der Waals surface area contributed by atoms with Crippen molar-refractivity contribution in [1.29, 1.82) is 0 Å². The van der Waals surface area contributed by atoms with Crippen molar-refractivity contribution in [3.8, 4) is 0 Å². The maximum atomic E-state index is 11.8. The van der Waals surface area contributed by atoms with Gasteiger partial charge >= 0.3 is 5.97 Å². The first-order valence-corrected chi connectivity index (χ1v) is 7.96. The Labute approximate surface area is 143 Å². The molecule has 25 heavy (non-hydrogen) atoms. The van der Waals surface area contributed by atoms with Gasteiger partial charge in [-0.05, 0) is 23.8 Å². The van der Waals surface area contributed by atoms with Gasteiger partial charge in [-0.1, -0.05) is 30.3 Å². The molecule has 3 N–H and O–H groups in total. The second-order valence-electron chi connectivity index (χ2n) is 5.84. The number of benzene rings is 2. The summed E-state index contributed by atoms with van der Waals surface area (Å²) < 4.78 is 0. The van der Waals surface area contributed by atoms with Crippen LogP contribution in [0.25, 0.3) is 21.8 Å². The fourth-order valence-corrected chi connectivity index (χ4v) is 3.01. The van der Waals surface area contributed by atoms with Gasteiger partial charge in [0.15, 0.2) is 0 Å². The van der Waals surface area contributed by atoms with E-state index in [4.69, 9.17) is 0 Å². The number of para-hydroxylation sites is 2. The second-order valence-corrected chi connectivity index (χ2v) is 5.84. The number of fused-ring (bicyclic) bond motifs is 2. The zero-order chi connectivity index (χ0) is 17.2. The molecule has 0 spiro atoms. The maximum absolute atomic E-state index is 11.8. The average molecular weight is 332 g/mol. The second kappa shape index (κ2) is 6.24. The Morgan fingerprint density at radius 2 is 1.84 bits per heavy atom. The number of carboxylic acid groups (broad SMARTS) is 1. The van der Waals surface area contributed by atoms with E-state index in [1.807, 2.05) is 54.7 Å². The van der Waals surface area contributed by atoms with Crippen molar-refractivity contribution in [3.63, 3.8) is 0 Å². The number of nitrogens with one attached hydrogen (secondary N) is 2. The van der Waals surface area contributed by atoms with Gasteiger partial charge in [0.1, 0.15) is 18.2 Å². The van der Waals surface area contributed by atoms with E-state index >= 15 is 0 Å². The first-order chi connectivity index (χ1) is 12.2. The minimum absolute atomic E-state index is 0.345. The van der Waals surface area contributed by atoms with Crippen LogP contribution in [0, 0.1) is 0 Å². The molecule has 0 bridgehead atoms. The molecule has 0 aliphatic carbocycles. The molecule has 1 atom stereocenters. The van der Waals surface area contributed by atoms with Crippen molar-refractivity contribution in [1.82, 2.24) is 15.0 Å². The lowest BCUT2D eigenvalue weighted by Crippen LogP contribution is -2.32. The van der Waals surface area contributed by atoms with Crippen LogP contribution in [-0.2, 0) is 11.2 Å². The predicted molar refractivity (Wildman–Crippen MR) is 96.6 cm³/mol. The van der Waals surface area contributed by atoms with Gasteiger partial charge in [0.2, 0.25) is 0 Å². The first-order valence-electron chi connectivity index (χ1n) is 7.96. The van der Waals surface area contributed by atoms with Crippen LogP contribution < -0.4 is 5.32 Å². The molecule has 2 heterocycles. The van der Waals surface area contributed by atoms with Gasteiger partial charge < -0.3 is 15.4 Å². The van der Waals surface area contributed by atoms with E-state index in [0.29, 0.717) is 12.2 Å². The molecule has 0 amide bonds. The lowest BCUT2D eigenvalue weighted by atomic mass is 10.0. The molecule has 4 rings (SSSR count). The van der Waals surface area contributed by atoms with Gasteiger partial charge in [0.25, 0.3) is 0 Å². The molecule has 1 unspecified atom stereocenters. The molecule has 4 aromatic rings. The van der Waals surface area contributed by atoms with E-state index < -0.39 is 12.0 Å². The molecule has 124 valence electrons. The van der Waals surface area contributed by atoms with Crippen LogP contribution in [0.2, 0.25) is 0 Å². The third-order valence-electron chi connectivity index (χ3n) is 4.25. The summed E-state index contributed by atoms with van der Waals surface area (Å²) in [5, 5.41) is 14.6. The summed E-state index contributed by atoms with van der Waals surface area (Å²) in [6, 6.07) is 14.6. The van der Waals surface area contributed by atoms with Crippen molar-refractivity contribution in [2.75, 3.05) is 5.32 Å². The van der Waals surface area contributed by atoms with E-state index in [-0.39, 0.29) is 0 Å². The summed E-state index contributed by atoms with van der Waals surface area (Å²) in [6.45, 7) is 0. The number of aromatic nitrogens is 3. The lowest BCUT2D eigenvalue weighted by molar-refractivity contribution is -0.137. The summed E-state index contributed by atoms with van der Waals surface area (Å²) >= 11 is 0. The summed E-state index contributed by atoms with van der Waals surface area (Å²) in [5.41, 5.74) is 2.72. The van der Waals surface area contributed by atoms with Crippen molar-refractivity contribution in [3.05, 3.63) is 66.6 Å². The normalized spacial score (nSPS) is 12.3. The Balaban J connectivity index is 1.67. The van der Waals surface area contributed by atoms with Gasteiger partial charge in [-0.15, -0.1) is 0 Å². The third kappa shape index (κ3) is 2.89. The SMILES string of the molecule is O=C(O)C(Cc1c[nH]c2ccccc12)Nc1ncnc2ccccc12. The molecule has 2 aromatic carbocycles. The van der Waals surface area contributed by atoms with Crippen molar-refractivity contribution < 1.29 is 9.90 Å². The Bertz CT molecular complexity index is 1050. The molecule has 0 saturated heterocycles. The van der Waals surface area contributed by atoms with E-state index in [9.17, 15) is 9.90 Å². The maximum Gasteiger partial charge on any atom is 0.326 e. The van der Waals surface area contributed by atoms with Gasteiger partial charge in [-0.3, -0.25) is 0 Å². The highest BCUT2D eigenvalue weighted by molar-refractivity contribution is 5.91. The predicted octanol–water partition coefficient (Wildman–Crippen LogP) is 3.22. The topological polar surface area (TPSA) is 90.9 Å². The number of aromatic amines is 1. The fraction of sp³-hybridized carbons (Fsp3) is 0.105. The Morgan fingerprint density at radius 3 is 2.68 bits per heavy atom. The highest BCUT2D eigenvalue weighted by Crippen LogP contribution is 2.22. The van der Waals surface area contributed by atoms with Crippen LogP contribution in [-0.4, -0.2) is 32.1 Å². The number of nitrogens with zero attached hydrogens (tertiary/aromatic N) is 2. The monoisotopic (exact) mass is 332 g/mol. The smallest absolute Gasteiger partial charge is 0.326 e. The van der Waals surface area contributed by atoms with Crippen LogP contribution in [0.3, 0.4) is 0 Å². The minimum atomic E-state index is -0.923. The molecule has 0 saturated carbocycles. The van der Waals surface area contributed by atoms with Crippen LogP contribution in [0.4, 0.5) is 5.82 Å². The summed E-state index contributed by atoms with van der Waals surface area (Å²) in [5.74, 6) is -0.397. The van der Waals surface area contributed by atoms with Crippen LogP contribution >= 0.6 is 0 Å². The number of carbonyl (C=O) groups is 1. The van der Waals surface area contributed by atoms with Gasteiger partial charge in [0, 0.05) is 28.9 Å². The van der Waals surface area contributed by atoms with E-state index in [0.717, 1.165) is 27.4 Å². The fourth-order valence-electron chi connectivity index (χ4n) is 3.01. The van der Waals surface area contributed by atoms with E-state index in [1.54, 1.807) is 0 Å². The lowest BCUT2D eigenvalue weighted by Gasteiger charge is -2.16. The Hall–Kier alpha value is -3.41. The zero-order valence-corrected chi connectivity index (χ0v) is 13.3. The molecule has 0 aliphatic heterocycles. The zero-order valence-electron chi connectivity index (χ0n) is 13.3. The number of rotatable bonds is 5. The van der Waals surface area contributed by atoms with E-state index in [1.165, 1.54) is 6.33 Å². The van der Waals surface area contributed by atoms with Crippen molar-refractivity contribution in [2.24, 2.45) is 0 Å². The summed E-state index contributed by atoms with van der Waals surface area (Å²) in [4.78, 5) is 23.4. The molecule has 0 radical (unpaired) electrons. The molecular formula is C19H16N4O2. The molecule has 0 fully saturated rings. The Kier molecular flexibility index (Phi) is 3.78. The number of hydrogen-bond acceptors (Lipinski definition) is 4. The third-order valence-corrected chi connectivity index (χ3v) is 4.25. The number of carboxylic acids is 1. The Morgan fingerprint density at radius 1 is 1.08 bits per heavy atom. The van der Waals surface area contributed by atoms with Gasteiger partial charge in [-0.25, -0.2) is 14.8 Å². The van der Waals surface area contributed by atoms with Crippen LogP contribution in [0.5, 0.6) is 0 Å².